The van der Waals surface area contributed by atoms with Crippen LogP contribution in [0.5, 0.6) is 0 Å². The quantitative estimate of drug-likeness (QED) is 0.830. The van der Waals surface area contributed by atoms with Crippen LogP contribution in [-0.4, -0.2) is 25.2 Å². The van der Waals surface area contributed by atoms with Gasteiger partial charge < -0.3 is 15.8 Å². The number of ether oxygens (including phenoxy) is 1. The van der Waals surface area contributed by atoms with E-state index >= 15 is 0 Å². The predicted molar refractivity (Wildman–Crippen MR) is 61.3 cm³/mol. The number of hydrogen-bond donors (Lipinski definition) is 2. The Morgan fingerprint density at radius 1 is 1.42 bits per heavy atom. The fourth-order valence-electron chi connectivity index (χ4n) is 1.63. The predicted octanol–water partition coefficient (Wildman–Crippen LogP) is 1.97. The fourth-order valence-corrected chi connectivity index (χ4v) is 1.63. The van der Waals surface area contributed by atoms with Crippen LogP contribution >= 0.6 is 0 Å². The first-order chi connectivity index (χ1) is 8.86. The number of amidine groups is 1. The van der Waals surface area contributed by atoms with Gasteiger partial charge in [-0.1, -0.05) is 0 Å². The summed E-state index contributed by atoms with van der Waals surface area (Å²) < 4.78 is 55.2. The number of nitrogens with two attached hydrogens (primary N) is 1. The summed E-state index contributed by atoms with van der Waals surface area (Å²) in [5, 5.41) is 2.78. The van der Waals surface area contributed by atoms with Gasteiger partial charge in [0.25, 0.3) is 6.02 Å². The van der Waals surface area contributed by atoms with Crippen LogP contribution in [0.15, 0.2) is 23.2 Å². The summed E-state index contributed by atoms with van der Waals surface area (Å²) in [5.41, 5.74) is 4.26. The number of aliphatic imine (C=N–C) groups is 1. The van der Waals surface area contributed by atoms with Crippen molar-refractivity contribution in [3.63, 3.8) is 0 Å². The molecular formula is C11H11F4N3O. The van der Waals surface area contributed by atoms with Gasteiger partial charge in [0.2, 0.25) is 0 Å². The number of nitrogens with zero attached hydrogens (tertiary/aromatic N) is 1. The molecule has 0 aliphatic carbocycles. The van der Waals surface area contributed by atoms with Crippen molar-refractivity contribution in [2.45, 2.75) is 12.2 Å². The molecule has 1 aromatic carbocycles. The maximum absolute atomic E-state index is 13.3. The molecular weight excluding hydrogens is 266 g/mol. The minimum absolute atomic E-state index is 0.0744. The van der Waals surface area contributed by atoms with Gasteiger partial charge in [-0.2, -0.15) is 13.2 Å². The Balaban J connectivity index is 2.01. The Morgan fingerprint density at radius 3 is 2.68 bits per heavy atom. The average molecular weight is 277 g/mol. The highest BCUT2D eigenvalue weighted by atomic mass is 19.4. The van der Waals surface area contributed by atoms with Crippen LogP contribution in [0.25, 0.3) is 0 Å². The summed E-state index contributed by atoms with van der Waals surface area (Å²) in [6.45, 7) is 0.591. The Morgan fingerprint density at radius 2 is 2.16 bits per heavy atom. The molecule has 0 spiro atoms. The van der Waals surface area contributed by atoms with Crippen molar-refractivity contribution < 1.29 is 22.3 Å². The first-order valence-corrected chi connectivity index (χ1v) is 5.43. The number of rotatable bonds is 3. The van der Waals surface area contributed by atoms with Gasteiger partial charge in [0.05, 0.1) is 5.56 Å². The Bertz CT molecular complexity index is 501. The van der Waals surface area contributed by atoms with E-state index in [9.17, 15) is 17.6 Å². The van der Waals surface area contributed by atoms with Crippen molar-refractivity contribution in [3.05, 3.63) is 29.6 Å². The summed E-state index contributed by atoms with van der Waals surface area (Å²) >= 11 is 0. The SMILES string of the molecule is NC1=NC(CNc2ccc(C(F)(F)F)c(F)c2)CO1. The molecule has 3 N–H and O–H groups in total. The summed E-state index contributed by atoms with van der Waals surface area (Å²) in [5.74, 6) is -1.32. The number of alkyl halides is 3. The van der Waals surface area contributed by atoms with Gasteiger partial charge in [0, 0.05) is 12.2 Å². The molecule has 0 saturated heterocycles. The van der Waals surface area contributed by atoms with E-state index in [-0.39, 0.29) is 17.8 Å². The molecule has 0 saturated carbocycles. The molecule has 104 valence electrons. The number of halogens is 4. The molecule has 1 heterocycles. The third-order valence-electron chi connectivity index (χ3n) is 2.55. The van der Waals surface area contributed by atoms with Crippen molar-refractivity contribution >= 4 is 11.7 Å². The van der Waals surface area contributed by atoms with E-state index in [0.717, 1.165) is 12.1 Å². The second-order valence-corrected chi connectivity index (χ2v) is 4.01. The second kappa shape index (κ2) is 4.94. The van der Waals surface area contributed by atoms with E-state index in [1.54, 1.807) is 0 Å². The normalized spacial score (nSPS) is 18.9. The zero-order valence-corrected chi connectivity index (χ0v) is 9.67. The van der Waals surface area contributed by atoms with E-state index < -0.39 is 17.6 Å². The topological polar surface area (TPSA) is 59.6 Å². The van der Waals surface area contributed by atoms with E-state index in [1.807, 2.05) is 0 Å². The summed E-state index contributed by atoms with van der Waals surface area (Å²) in [7, 11) is 0. The van der Waals surface area contributed by atoms with Gasteiger partial charge in [-0.3, -0.25) is 0 Å². The summed E-state index contributed by atoms with van der Waals surface area (Å²) in [6, 6.07) is 2.50. The van der Waals surface area contributed by atoms with Crippen LogP contribution in [0.2, 0.25) is 0 Å². The van der Waals surface area contributed by atoms with Crippen molar-refractivity contribution in [3.8, 4) is 0 Å². The van der Waals surface area contributed by atoms with Gasteiger partial charge in [-0.25, -0.2) is 9.38 Å². The molecule has 1 aromatic rings. The maximum atomic E-state index is 13.3. The smallest absolute Gasteiger partial charge is 0.419 e. The molecule has 8 heteroatoms. The van der Waals surface area contributed by atoms with Crippen LogP contribution in [0.1, 0.15) is 5.56 Å². The molecule has 0 amide bonds. The maximum Gasteiger partial charge on any atom is 0.419 e. The molecule has 0 bridgehead atoms. The minimum Gasteiger partial charge on any atom is -0.463 e. The van der Waals surface area contributed by atoms with E-state index in [0.29, 0.717) is 19.2 Å². The number of nitrogens with one attached hydrogen (secondary N) is 1. The zero-order valence-electron chi connectivity index (χ0n) is 9.67. The van der Waals surface area contributed by atoms with E-state index in [1.165, 1.54) is 0 Å². The van der Waals surface area contributed by atoms with Crippen molar-refractivity contribution in [2.75, 3.05) is 18.5 Å². The van der Waals surface area contributed by atoms with Gasteiger partial charge in [0.1, 0.15) is 18.5 Å². The van der Waals surface area contributed by atoms with Crippen LogP contribution in [0, 0.1) is 5.82 Å². The number of hydrogen-bond acceptors (Lipinski definition) is 4. The van der Waals surface area contributed by atoms with Crippen molar-refractivity contribution in [1.82, 2.24) is 0 Å². The lowest BCUT2D eigenvalue weighted by molar-refractivity contribution is -0.139. The van der Waals surface area contributed by atoms with Gasteiger partial charge in [-0.15, -0.1) is 0 Å². The Kier molecular flexibility index (Phi) is 3.50. The lowest BCUT2D eigenvalue weighted by Crippen LogP contribution is -2.19. The molecule has 19 heavy (non-hydrogen) atoms. The molecule has 2 rings (SSSR count). The minimum atomic E-state index is -4.69. The zero-order chi connectivity index (χ0) is 14.0. The molecule has 0 aromatic heterocycles. The lowest BCUT2D eigenvalue weighted by atomic mass is 10.2. The third kappa shape index (κ3) is 3.27. The lowest BCUT2D eigenvalue weighted by Gasteiger charge is -2.12. The number of benzene rings is 1. The molecule has 0 fully saturated rings. The third-order valence-corrected chi connectivity index (χ3v) is 2.55. The highest BCUT2D eigenvalue weighted by Crippen LogP contribution is 2.32. The highest BCUT2D eigenvalue weighted by molar-refractivity contribution is 5.73. The first kappa shape index (κ1) is 13.4. The fraction of sp³-hybridized carbons (Fsp3) is 0.364. The van der Waals surface area contributed by atoms with E-state index in [4.69, 9.17) is 10.5 Å². The monoisotopic (exact) mass is 277 g/mol. The van der Waals surface area contributed by atoms with Gasteiger partial charge >= 0.3 is 6.18 Å². The molecule has 1 unspecified atom stereocenters. The summed E-state index contributed by atoms with van der Waals surface area (Å²) in [6.07, 6.45) is -4.69. The van der Waals surface area contributed by atoms with E-state index in [2.05, 4.69) is 10.3 Å². The Labute approximate surface area is 106 Å². The molecule has 4 nitrogen and oxygen atoms in total. The Hall–Kier alpha value is -1.99. The van der Waals surface area contributed by atoms with Crippen LogP contribution in [0.3, 0.4) is 0 Å². The second-order valence-electron chi connectivity index (χ2n) is 4.01. The first-order valence-electron chi connectivity index (χ1n) is 5.43. The standard InChI is InChI=1S/C11H11F4N3O/c12-9-3-6(1-2-8(9)11(13,14)15)17-4-7-5-19-10(16)18-7/h1-3,7,17H,4-5H2,(H2,16,18). The van der Waals surface area contributed by atoms with Crippen molar-refractivity contribution in [2.24, 2.45) is 10.7 Å². The van der Waals surface area contributed by atoms with Gasteiger partial charge in [-0.05, 0) is 18.2 Å². The van der Waals surface area contributed by atoms with Crippen LogP contribution in [-0.2, 0) is 10.9 Å². The average Bonchev–Trinajstić information content (AvgIpc) is 2.71. The molecule has 1 aliphatic heterocycles. The summed E-state index contributed by atoms with van der Waals surface area (Å²) in [4.78, 5) is 3.92. The van der Waals surface area contributed by atoms with Gasteiger partial charge in [0.15, 0.2) is 0 Å². The van der Waals surface area contributed by atoms with Crippen LogP contribution in [0.4, 0.5) is 23.2 Å². The molecule has 1 atom stereocenters. The highest BCUT2D eigenvalue weighted by Gasteiger charge is 2.33. The van der Waals surface area contributed by atoms with Crippen molar-refractivity contribution in [1.29, 1.82) is 0 Å². The number of anilines is 1. The van der Waals surface area contributed by atoms with Crippen LogP contribution < -0.4 is 11.1 Å². The molecule has 1 aliphatic rings. The molecule has 0 radical (unpaired) electrons. The largest absolute Gasteiger partial charge is 0.463 e.